The van der Waals surface area contributed by atoms with E-state index in [0.29, 0.717) is 10.6 Å². The Bertz CT molecular complexity index is 1390. The van der Waals surface area contributed by atoms with E-state index in [9.17, 15) is 17.6 Å². The molecule has 2 aromatic heterocycles. The average molecular weight is 470 g/mol. The molecule has 0 saturated heterocycles. The second-order valence-electron chi connectivity index (χ2n) is 4.52. The van der Waals surface area contributed by atoms with E-state index in [-0.39, 0.29) is 4.47 Å². The van der Waals surface area contributed by atoms with E-state index in [1.807, 2.05) is 5.32 Å². The normalized spacial score (nSPS) is 16.0. The van der Waals surface area contributed by atoms with Crippen LogP contribution in [0.3, 0.4) is 0 Å². The van der Waals surface area contributed by atoms with Crippen LogP contribution >= 0.6 is 15.9 Å². The summed E-state index contributed by atoms with van der Waals surface area (Å²) >= 11 is 2.82. The number of halogens is 2. The van der Waals surface area contributed by atoms with Gasteiger partial charge in [0.05, 0.1) is 15.6 Å². The van der Waals surface area contributed by atoms with Crippen LogP contribution in [0.4, 0.5) is 10.2 Å². The van der Waals surface area contributed by atoms with E-state index in [0.717, 1.165) is 0 Å². The molecule has 0 unspecified atom stereocenters. The number of nitrogens with one attached hydrogen (secondary N) is 2. The van der Waals surface area contributed by atoms with Crippen molar-refractivity contribution in [2.24, 2.45) is 5.14 Å². The predicted octanol–water partition coefficient (Wildman–Crippen LogP) is -0.0179. The molecule has 0 aliphatic rings. The summed E-state index contributed by atoms with van der Waals surface area (Å²) < 4.78 is 93.6. The van der Waals surface area contributed by atoms with E-state index in [2.05, 4.69) is 40.6 Å². The van der Waals surface area contributed by atoms with Crippen LogP contribution in [0.15, 0.2) is 36.6 Å². The topological polar surface area (TPSA) is 171 Å². The summed E-state index contributed by atoms with van der Waals surface area (Å²) in [4.78, 5) is 12.3. The zero-order valence-electron chi connectivity index (χ0n) is 18.6. The van der Waals surface area contributed by atoms with Crippen molar-refractivity contribution in [3.05, 3.63) is 39.0 Å². The summed E-state index contributed by atoms with van der Waals surface area (Å²) in [6.07, 6.45) is 0. The number of rotatable bonds is 7. The second kappa shape index (κ2) is 7.55. The fraction of sp³-hybridized carbons (Fsp3) is 0.167. The smallest absolute Gasteiger partial charge is 0.364 e. The maximum Gasteiger partial charge on any atom is 0.446 e. The molecule has 12 nitrogen and oxygen atoms in total. The first-order valence-corrected chi connectivity index (χ1v) is 8.87. The van der Waals surface area contributed by atoms with Gasteiger partial charge in [0.25, 0.3) is 10.2 Å². The minimum Gasteiger partial charge on any atom is -0.364 e. The number of hydrogen-bond acceptors (Lipinski definition) is 9. The van der Waals surface area contributed by atoms with Crippen molar-refractivity contribution in [2.45, 2.75) is 0 Å². The van der Waals surface area contributed by atoms with Crippen LogP contribution in [0, 0.1) is 5.82 Å². The molecule has 0 aliphatic carbocycles. The van der Waals surface area contributed by atoms with Crippen LogP contribution in [-0.4, -0.2) is 41.4 Å². The molecule has 3 rings (SSSR count). The number of aromatic nitrogens is 4. The molecular weight excluding hydrogens is 453 g/mol. The monoisotopic (exact) mass is 469 g/mol. The van der Waals surface area contributed by atoms with Gasteiger partial charge in [0, 0.05) is 15.7 Å². The first-order chi connectivity index (χ1) is 15.1. The molecule has 144 valence electrons. The third kappa shape index (κ3) is 4.38. The first-order valence-electron chi connectivity index (χ1n) is 9.53. The van der Waals surface area contributed by atoms with Gasteiger partial charge < -0.3 is 5.32 Å². The molecule has 0 saturated carbocycles. The van der Waals surface area contributed by atoms with Crippen molar-refractivity contribution in [1.29, 1.82) is 0 Å². The van der Waals surface area contributed by atoms with Crippen LogP contribution in [0.1, 0.15) is 8.22 Å². The Kier molecular flexibility index (Phi) is 3.55. The summed E-state index contributed by atoms with van der Waals surface area (Å²) in [6.45, 7) is -6.56. The summed E-state index contributed by atoms with van der Waals surface area (Å²) in [6, 6.07) is -0.559. The molecule has 0 radical (unpaired) electrons. The van der Waals surface area contributed by atoms with Crippen molar-refractivity contribution in [2.75, 3.05) is 18.3 Å². The maximum absolute atomic E-state index is 13.8. The van der Waals surface area contributed by atoms with E-state index >= 15 is 0 Å². The molecule has 1 aromatic carbocycles. The van der Waals surface area contributed by atoms with Gasteiger partial charge in [0.1, 0.15) is 5.82 Å². The van der Waals surface area contributed by atoms with Crippen LogP contribution in [0.25, 0.3) is 17.2 Å². The molecule has 3 aromatic rings. The van der Waals surface area contributed by atoms with Gasteiger partial charge in [-0.05, 0) is 44.4 Å². The van der Waals surface area contributed by atoms with Crippen LogP contribution in [0.2, 0.25) is 0 Å². The van der Waals surface area contributed by atoms with Crippen molar-refractivity contribution in [3.8, 4) is 17.2 Å². The van der Waals surface area contributed by atoms with E-state index in [1.54, 1.807) is 0 Å². The third-order valence-electron chi connectivity index (χ3n) is 2.74. The molecule has 27 heavy (non-hydrogen) atoms. The first kappa shape index (κ1) is 12.7. The molecule has 0 spiro atoms. The van der Waals surface area contributed by atoms with Crippen molar-refractivity contribution < 1.29 is 30.2 Å². The van der Waals surface area contributed by atoms with Gasteiger partial charge in [-0.2, -0.15) is 8.42 Å². The fourth-order valence-corrected chi connectivity index (χ4v) is 2.21. The van der Waals surface area contributed by atoms with Crippen LogP contribution < -0.4 is 20.9 Å². The van der Waals surface area contributed by atoms with Crippen LogP contribution in [-0.2, 0) is 10.2 Å². The predicted molar refractivity (Wildman–Crippen MR) is 92.6 cm³/mol. The van der Waals surface area contributed by atoms with Gasteiger partial charge in [-0.25, -0.2) is 28.2 Å². The molecule has 15 heteroatoms. The molecule has 0 aliphatic heterocycles. The molecular formula is C12H11BrFN7O5S. The maximum atomic E-state index is 13.8. The van der Waals surface area contributed by atoms with Gasteiger partial charge >= 0.3 is 5.76 Å². The Balaban J connectivity index is 2.12. The summed E-state index contributed by atoms with van der Waals surface area (Å²) in [7, 11) is -4.68. The summed E-state index contributed by atoms with van der Waals surface area (Å²) in [5.74, 6) is -3.46. The Morgan fingerprint density at radius 3 is 2.93 bits per heavy atom. The lowest BCUT2D eigenvalue weighted by molar-refractivity contribution is 0.309. The number of anilines is 1. The number of nitrogens with two attached hydrogens (primary N) is 1. The lowest BCUT2D eigenvalue weighted by atomic mass is 10.3. The van der Waals surface area contributed by atoms with Crippen molar-refractivity contribution in [1.82, 2.24) is 24.8 Å². The van der Waals surface area contributed by atoms with E-state index < -0.39 is 69.9 Å². The SMILES string of the molecule is [2H]c1cc(F)c(Br)c([2H])c1-n1c(-c2nonc2NC([2H])([2H])C([2H])([2H])NS(N)(=O)=O)noc1=O. The molecule has 0 atom stereocenters. The lowest BCUT2D eigenvalue weighted by Crippen LogP contribution is -2.34. The average Bonchev–Trinajstić information content (AvgIpc) is 3.24. The summed E-state index contributed by atoms with van der Waals surface area (Å²) in [5.41, 5.74) is -1.05. The Morgan fingerprint density at radius 2 is 2.19 bits per heavy atom. The molecule has 0 amide bonds. The van der Waals surface area contributed by atoms with Gasteiger partial charge in [-0.3, -0.25) is 4.52 Å². The lowest BCUT2D eigenvalue weighted by Gasteiger charge is -2.06. The zero-order valence-corrected chi connectivity index (χ0v) is 15.1. The standard InChI is InChI=1S/C12H11BrFN7O5S/c13-7-5-6(1-2-8(7)14)21-11(20-25-12(21)22)9-10(19-26-18-9)16-3-4-17-27(15,23)24/h1-2,5,17H,3-4H2,(H,16,19)(H2,15,23,24)/i1D,3D2,4D2,5D. The second-order valence-corrected chi connectivity index (χ2v) is 6.60. The fourth-order valence-electron chi connectivity index (χ4n) is 1.72. The minimum absolute atomic E-state index is 0.386. The van der Waals surface area contributed by atoms with E-state index in [4.69, 9.17) is 13.4 Å². The number of benzene rings is 1. The highest BCUT2D eigenvalue weighted by molar-refractivity contribution is 9.10. The molecule has 0 fully saturated rings. The van der Waals surface area contributed by atoms with E-state index in [1.165, 1.54) is 4.72 Å². The van der Waals surface area contributed by atoms with Gasteiger partial charge in [-0.15, -0.1) is 0 Å². The molecule has 0 bridgehead atoms. The van der Waals surface area contributed by atoms with Gasteiger partial charge in [0.2, 0.25) is 11.6 Å². The Labute approximate surface area is 167 Å². The Hall–Kier alpha value is -2.62. The number of nitrogens with zero attached hydrogens (tertiary/aromatic N) is 4. The highest BCUT2D eigenvalue weighted by Crippen LogP contribution is 2.25. The van der Waals surface area contributed by atoms with Crippen molar-refractivity contribution >= 4 is 32.0 Å². The Morgan fingerprint density at radius 1 is 1.41 bits per heavy atom. The molecule has 4 N–H and O–H groups in total. The largest absolute Gasteiger partial charge is 0.446 e. The number of hydrogen-bond donors (Lipinski definition) is 3. The highest BCUT2D eigenvalue weighted by Gasteiger charge is 2.23. The van der Waals surface area contributed by atoms with Crippen LogP contribution in [0.5, 0.6) is 0 Å². The summed E-state index contributed by atoms with van der Waals surface area (Å²) in [5, 5.41) is 16.8. The zero-order chi connectivity index (χ0) is 24.9. The quantitative estimate of drug-likeness (QED) is 0.429. The van der Waals surface area contributed by atoms with Gasteiger partial charge in [-0.1, -0.05) is 5.16 Å². The van der Waals surface area contributed by atoms with Crippen molar-refractivity contribution in [3.63, 3.8) is 0 Å². The third-order valence-corrected chi connectivity index (χ3v) is 3.70. The highest BCUT2D eigenvalue weighted by atomic mass is 79.9. The molecule has 2 heterocycles. The minimum atomic E-state index is -4.68. The van der Waals surface area contributed by atoms with Gasteiger partial charge in [0.15, 0.2) is 5.69 Å².